The summed E-state index contributed by atoms with van der Waals surface area (Å²) in [6, 6.07) is 14.5. The van der Waals surface area contributed by atoms with Crippen molar-refractivity contribution in [2.45, 2.75) is 0 Å². The quantitative estimate of drug-likeness (QED) is 0.530. The third-order valence-corrected chi connectivity index (χ3v) is 4.26. The highest BCUT2D eigenvalue weighted by Gasteiger charge is 2.12. The van der Waals surface area contributed by atoms with Gasteiger partial charge in [0.2, 0.25) is 4.77 Å². The van der Waals surface area contributed by atoms with Crippen LogP contribution in [0.4, 0.5) is 0 Å². The summed E-state index contributed by atoms with van der Waals surface area (Å²) in [6.45, 7) is 0. The number of hydrogen-bond donors (Lipinski definition) is 3. The van der Waals surface area contributed by atoms with Gasteiger partial charge in [-0.2, -0.15) is 4.98 Å². The molecule has 1 heterocycles. The van der Waals surface area contributed by atoms with Gasteiger partial charge < -0.3 is 10.1 Å². The van der Waals surface area contributed by atoms with Crippen molar-refractivity contribution in [3.63, 3.8) is 0 Å². The zero-order valence-corrected chi connectivity index (χ0v) is 16.1. The molecular formula is C18H15BrN4O2S. The number of carbonyl (C=O) groups excluding carboxylic acids is 1. The summed E-state index contributed by atoms with van der Waals surface area (Å²) in [5, 5.41) is 8.47. The number of halogens is 1. The van der Waals surface area contributed by atoms with Gasteiger partial charge in [-0.25, -0.2) is 0 Å². The predicted molar refractivity (Wildman–Crippen MR) is 106 cm³/mol. The molecule has 0 atom stereocenters. The number of ether oxygens (including phenoxy) is 1. The number of rotatable bonds is 5. The summed E-state index contributed by atoms with van der Waals surface area (Å²) < 4.78 is 6.39. The van der Waals surface area contributed by atoms with E-state index >= 15 is 0 Å². The summed E-state index contributed by atoms with van der Waals surface area (Å²) in [4.78, 5) is 16.8. The van der Waals surface area contributed by atoms with Gasteiger partial charge in [-0.05, 0) is 60.3 Å². The van der Waals surface area contributed by atoms with Gasteiger partial charge in [0.1, 0.15) is 5.75 Å². The number of amides is 1. The monoisotopic (exact) mass is 430 g/mol. The Morgan fingerprint density at radius 2 is 1.85 bits per heavy atom. The molecule has 0 saturated carbocycles. The smallest absolute Gasteiger partial charge is 0.255 e. The lowest BCUT2D eigenvalue weighted by atomic mass is 10.1. The maximum Gasteiger partial charge on any atom is 0.255 e. The van der Waals surface area contributed by atoms with Gasteiger partial charge in [0, 0.05) is 10.0 Å². The molecule has 0 aliphatic carbocycles. The van der Waals surface area contributed by atoms with Crippen molar-refractivity contribution < 1.29 is 9.53 Å². The van der Waals surface area contributed by atoms with E-state index in [1.807, 2.05) is 30.3 Å². The Bertz CT molecular complexity index is 991. The molecule has 26 heavy (non-hydrogen) atoms. The molecule has 0 bridgehead atoms. The van der Waals surface area contributed by atoms with Crippen molar-refractivity contribution in [3.05, 3.63) is 74.7 Å². The number of nitrogens with zero attached hydrogens (tertiary/aromatic N) is 1. The van der Waals surface area contributed by atoms with Crippen LogP contribution in [-0.2, 0) is 0 Å². The Labute approximate surface area is 163 Å². The van der Waals surface area contributed by atoms with E-state index in [0.29, 0.717) is 27.6 Å². The van der Waals surface area contributed by atoms with Gasteiger partial charge in [-0.3, -0.25) is 15.0 Å². The van der Waals surface area contributed by atoms with Gasteiger partial charge in [-0.15, -0.1) is 0 Å². The minimum absolute atomic E-state index is 0.265. The third kappa shape index (κ3) is 4.47. The standard InChI is InChI=1S/C18H15BrN4O2S/c1-25-14-8-4-12(5-9-14)17(24)20-15(16-21-18(26)23-22-16)10-11-2-6-13(19)7-3-11/h2-10H,1H3,(H,20,24)(H2,21,22,23,26)/b15-10+. The molecule has 3 rings (SSSR count). The minimum atomic E-state index is -0.265. The number of H-pyrrole nitrogens is 2. The lowest BCUT2D eigenvalue weighted by Gasteiger charge is -2.09. The minimum Gasteiger partial charge on any atom is -0.497 e. The number of aromatic amines is 2. The molecule has 3 N–H and O–H groups in total. The van der Waals surface area contributed by atoms with Gasteiger partial charge in [0.25, 0.3) is 5.91 Å². The first-order chi connectivity index (χ1) is 12.5. The van der Waals surface area contributed by atoms with Crippen LogP contribution in [-0.4, -0.2) is 28.2 Å². The van der Waals surface area contributed by atoms with Crippen molar-refractivity contribution in [1.82, 2.24) is 20.5 Å². The van der Waals surface area contributed by atoms with Crippen LogP contribution in [0.15, 0.2) is 53.0 Å². The van der Waals surface area contributed by atoms with E-state index in [0.717, 1.165) is 10.0 Å². The van der Waals surface area contributed by atoms with Crippen molar-refractivity contribution in [3.8, 4) is 5.75 Å². The molecule has 0 spiro atoms. The highest BCUT2D eigenvalue weighted by Crippen LogP contribution is 2.17. The van der Waals surface area contributed by atoms with Crippen LogP contribution in [0.2, 0.25) is 0 Å². The average Bonchev–Trinajstić information content (AvgIpc) is 3.09. The molecule has 0 aliphatic rings. The van der Waals surface area contributed by atoms with Crippen LogP contribution in [0.1, 0.15) is 21.7 Å². The highest BCUT2D eigenvalue weighted by molar-refractivity contribution is 9.10. The lowest BCUT2D eigenvalue weighted by Crippen LogP contribution is -2.22. The Morgan fingerprint density at radius 1 is 1.15 bits per heavy atom. The van der Waals surface area contributed by atoms with Crippen LogP contribution in [0.3, 0.4) is 0 Å². The summed E-state index contributed by atoms with van der Waals surface area (Å²) in [6.07, 6.45) is 1.81. The second-order valence-electron chi connectivity index (χ2n) is 5.31. The number of hydrogen-bond acceptors (Lipinski definition) is 4. The number of carbonyl (C=O) groups is 1. The molecule has 1 amide bonds. The molecule has 1 aromatic heterocycles. The van der Waals surface area contributed by atoms with E-state index in [4.69, 9.17) is 17.0 Å². The first-order valence-electron chi connectivity index (χ1n) is 7.63. The number of methoxy groups -OCH3 is 1. The van der Waals surface area contributed by atoms with Gasteiger partial charge in [0.05, 0.1) is 12.8 Å². The molecular weight excluding hydrogens is 416 g/mol. The molecule has 0 aliphatic heterocycles. The first kappa shape index (κ1) is 18.1. The van der Waals surface area contributed by atoms with E-state index in [1.165, 1.54) is 0 Å². The Hall–Kier alpha value is -2.71. The topological polar surface area (TPSA) is 82.8 Å². The van der Waals surface area contributed by atoms with E-state index in [9.17, 15) is 4.79 Å². The molecule has 0 fully saturated rings. The summed E-state index contributed by atoms with van der Waals surface area (Å²) in [5.41, 5.74) is 1.91. The number of aromatic nitrogens is 3. The largest absolute Gasteiger partial charge is 0.497 e. The van der Waals surface area contributed by atoms with E-state index < -0.39 is 0 Å². The van der Waals surface area contributed by atoms with E-state index in [-0.39, 0.29) is 5.91 Å². The molecule has 8 heteroatoms. The average molecular weight is 431 g/mol. The molecule has 2 aromatic carbocycles. The van der Waals surface area contributed by atoms with Crippen LogP contribution >= 0.6 is 28.1 Å². The highest BCUT2D eigenvalue weighted by atomic mass is 79.9. The van der Waals surface area contributed by atoms with Crippen LogP contribution in [0.25, 0.3) is 11.8 Å². The maximum atomic E-state index is 12.6. The van der Waals surface area contributed by atoms with E-state index in [1.54, 1.807) is 31.4 Å². The summed E-state index contributed by atoms with van der Waals surface area (Å²) in [7, 11) is 1.58. The second kappa shape index (κ2) is 8.11. The van der Waals surface area contributed by atoms with Gasteiger partial charge >= 0.3 is 0 Å². The van der Waals surface area contributed by atoms with Crippen molar-refractivity contribution in [2.24, 2.45) is 0 Å². The fourth-order valence-corrected chi connectivity index (χ4v) is 2.63. The molecule has 0 radical (unpaired) electrons. The zero-order valence-electron chi connectivity index (χ0n) is 13.7. The maximum absolute atomic E-state index is 12.6. The Kier molecular flexibility index (Phi) is 5.65. The fourth-order valence-electron chi connectivity index (χ4n) is 2.22. The molecule has 6 nitrogen and oxygen atoms in total. The zero-order chi connectivity index (χ0) is 18.5. The molecule has 132 valence electrons. The SMILES string of the molecule is COc1ccc(C(=O)N/C(=C/c2ccc(Br)cc2)c2nc(=S)[nH][nH]2)cc1. The van der Waals surface area contributed by atoms with E-state index in [2.05, 4.69) is 36.4 Å². The van der Waals surface area contributed by atoms with Crippen molar-refractivity contribution in [2.75, 3.05) is 7.11 Å². The lowest BCUT2D eigenvalue weighted by molar-refractivity contribution is 0.0973. The van der Waals surface area contributed by atoms with Crippen LogP contribution < -0.4 is 10.1 Å². The van der Waals surface area contributed by atoms with Crippen LogP contribution in [0, 0.1) is 4.77 Å². The fraction of sp³-hybridized carbons (Fsp3) is 0.0556. The first-order valence-corrected chi connectivity index (χ1v) is 8.83. The Morgan fingerprint density at radius 3 is 2.42 bits per heavy atom. The van der Waals surface area contributed by atoms with Gasteiger partial charge in [0.15, 0.2) is 5.82 Å². The second-order valence-corrected chi connectivity index (χ2v) is 6.61. The van der Waals surface area contributed by atoms with Gasteiger partial charge in [-0.1, -0.05) is 28.1 Å². The molecule has 0 saturated heterocycles. The summed E-state index contributed by atoms with van der Waals surface area (Å²) in [5.74, 6) is 0.863. The molecule has 3 aromatic rings. The van der Waals surface area contributed by atoms with Crippen molar-refractivity contribution in [1.29, 1.82) is 0 Å². The normalized spacial score (nSPS) is 11.2. The predicted octanol–water partition coefficient (Wildman–Crippen LogP) is 4.17. The third-order valence-electron chi connectivity index (χ3n) is 3.54. The number of nitrogens with one attached hydrogen (secondary N) is 3. The Balaban J connectivity index is 1.91. The van der Waals surface area contributed by atoms with Crippen molar-refractivity contribution >= 4 is 45.8 Å². The number of benzene rings is 2. The molecule has 0 unspecified atom stereocenters. The summed E-state index contributed by atoms with van der Waals surface area (Å²) >= 11 is 8.42. The van der Waals surface area contributed by atoms with Crippen LogP contribution in [0.5, 0.6) is 5.75 Å².